The number of nitrogens with one attached hydrogen (secondary N) is 1. The minimum Gasteiger partial charge on any atom is -0.274 e. The minimum atomic E-state index is -4.37. The second-order valence-electron chi connectivity index (χ2n) is 2.09. The number of aromatic nitrogens is 2. The SMILES string of the molecule is Cn1nc(S(=O)(=O)[N-][N+](=O)[O-])sc1=N.[Ag+]. The zero-order valence-electron chi connectivity index (χ0n) is 7.04. The smallest absolute Gasteiger partial charge is 0.274 e. The van der Waals surface area contributed by atoms with Gasteiger partial charge in [0, 0.05) is 12.1 Å². The molecule has 0 aliphatic heterocycles. The fraction of sp³-hybridized carbons (Fsp3) is 0.333. The van der Waals surface area contributed by atoms with E-state index in [-0.39, 0.29) is 27.2 Å². The fourth-order valence-electron chi connectivity index (χ4n) is 0.564. The number of sulfonamides is 1. The van der Waals surface area contributed by atoms with Gasteiger partial charge in [0.15, 0.2) is 0 Å². The molecule has 1 N–H and O–H groups in total. The molecule has 0 radical (unpaired) electrons. The molecule has 0 atom stereocenters. The van der Waals surface area contributed by atoms with Crippen LogP contribution >= 0.6 is 11.3 Å². The predicted octanol–water partition coefficient (Wildman–Crippen LogP) is -0.787. The maximum absolute atomic E-state index is 11.1. The van der Waals surface area contributed by atoms with Crippen molar-refractivity contribution in [3.05, 3.63) is 19.7 Å². The average Bonchev–Trinajstić information content (AvgIpc) is 2.30. The minimum absolute atomic E-state index is 0. The standard InChI is InChI=1S/C3H4N5O4S2.Ag/c1-7-2(4)13-3(5-7)14(11,12)6-8(9)10;/h4H,1H3;/q-1;+1. The summed E-state index contributed by atoms with van der Waals surface area (Å²) < 4.78 is 22.5. The fourth-order valence-corrected chi connectivity index (χ4v) is 2.29. The second-order valence-corrected chi connectivity index (χ2v) is 4.83. The van der Waals surface area contributed by atoms with E-state index in [1.54, 1.807) is 0 Å². The Balaban J connectivity index is 0.00000196. The molecule has 0 fully saturated rings. The Bertz CT molecular complexity index is 517. The number of nitrogens with zero attached hydrogens (tertiary/aromatic N) is 4. The monoisotopic (exact) mass is 345 g/mol. The third kappa shape index (κ3) is 3.39. The summed E-state index contributed by atoms with van der Waals surface area (Å²) in [6.07, 6.45) is 0. The molecule has 0 bridgehead atoms. The summed E-state index contributed by atoms with van der Waals surface area (Å²) in [4.78, 5) is 12.0. The Labute approximate surface area is 103 Å². The van der Waals surface area contributed by atoms with Crippen molar-refractivity contribution >= 4 is 21.4 Å². The largest absolute Gasteiger partial charge is 1.00 e. The molecule has 0 saturated heterocycles. The quantitative estimate of drug-likeness (QED) is 0.435. The van der Waals surface area contributed by atoms with Crippen molar-refractivity contribution in [2.75, 3.05) is 0 Å². The van der Waals surface area contributed by atoms with Crippen molar-refractivity contribution in [2.24, 2.45) is 7.05 Å². The first-order valence-electron chi connectivity index (χ1n) is 3.04. The van der Waals surface area contributed by atoms with E-state index in [2.05, 4.69) is 9.93 Å². The van der Waals surface area contributed by atoms with Crippen molar-refractivity contribution in [1.82, 2.24) is 9.78 Å². The Hall–Kier alpha value is -0.750. The Morgan fingerprint density at radius 1 is 1.67 bits per heavy atom. The van der Waals surface area contributed by atoms with Gasteiger partial charge in [-0.2, -0.15) is 0 Å². The van der Waals surface area contributed by atoms with E-state index >= 15 is 0 Å². The van der Waals surface area contributed by atoms with E-state index in [1.807, 2.05) is 0 Å². The molecule has 0 saturated carbocycles. The Morgan fingerprint density at radius 3 is 2.53 bits per heavy atom. The first kappa shape index (κ1) is 14.3. The number of aryl methyl sites for hydroxylation is 1. The molecule has 88 valence electrons. The van der Waals surface area contributed by atoms with Gasteiger partial charge in [0.1, 0.15) is 0 Å². The molecule has 1 aromatic rings. The van der Waals surface area contributed by atoms with Crippen molar-refractivity contribution in [2.45, 2.75) is 4.34 Å². The van der Waals surface area contributed by atoms with Gasteiger partial charge in [-0.3, -0.25) is 20.4 Å². The van der Waals surface area contributed by atoms with Gasteiger partial charge in [0.2, 0.25) is 19.2 Å². The van der Waals surface area contributed by atoms with Crippen molar-refractivity contribution in [3.63, 3.8) is 0 Å². The van der Waals surface area contributed by atoms with Crippen LogP contribution in [0, 0.1) is 15.5 Å². The van der Waals surface area contributed by atoms with Crippen molar-refractivity contribution < 1.29 is 35.8 Å². The van der Waals surface area contributed by atoms with Crippen LogP contribution in [0.5, 0.6) is 0 Å². The number of rotatable bonds is 3. The summed E-state index contributed by atoms with van der Waals surface area (Å²) in [6.45, 7) is 0. The molecule has 0 aliphatic rings. The van der Waals surface area contributed by atoms with E-state index in [9.17, 15) is 18.5 Å². The summed E-state index contributed by atoms with van der Waals surface area (Å²) >= 11 is 0.496. The molecule has 1 aromatic heterocycles. The predicted molar refractivity (Wildman–Crippen MR) is 44.5 cm³/mol. The summed E-state index contributed by atoms with van der Waals surface area (Å²) in [5, 5.41) is 19.1. The summed E-state index contributed by atoms with van der Waals surface area (Å²) in [7, 11) is -3.02. The van der Waals surface area contributed by atoms with Crippen LogP contribution in [-0.2, 0) is 39.5 Å². The van der Waals surface area contributed by atoms with Crippen LogP contribution in [0.1, 0.15) is 0 Å². The summed E-state index contributed by atoms with van der Waals surface area (Å²) in [5.74, 6) is 0. The van der Waals surface area contributed by atoms with Crippen LogP contribution in [0.15, 0.2) is 4.34 Å². The molecule has 0 spiro atoms. The van der Waals surface area contributed by atoms with Crippen LogP contribution < -0.4 is 4.80 Å². The molecule has 0 amide bonds. The summed E-state index contributed by atoms with van der Waals surface area (Å²) in [6, 6.07) is 0. The van der Waals surface area contributed by atoms with Crippen LogP contribution in [0.2, 0.25) is 0 Å². The third-order valence-electron chi connectivity index (χ3n) is 1.10. The third-order valence-corrected chi connectivity index (χ3v) is 3.57. The van der Waals surface area contributed by atoms with Gasteiger partial charge in [0.25, 0.3) is 0 Å². The van der Waals surface area contributed by atoms with Crippen LogP contribution in [0.3, 0.4) is 0 Å². The first-order chi connectivity index (χ1) is 6.33. The maximum atomic E-state index is 11.1. The molecule has 15 heavy (non-hydrogen) atoms. The molecule has 9 nitrogen and oxygen atoms in total. The number of nitro groups is 1. The van der Waals surface area contributed by atoms with Crippen molar-refractivity contribution in [1.29, 1.82) is 5.41 Å². The molecular formula is C3H4AgN5O4S2. The topological polar surface area (TPSA) is 133 Å². The second kappa shape index (κ2) is 4.85. The van der Waals surface area contributed by atoms with Crippen LogP contribution in [-0.4, -0.2) is 23.2 Å². The van der Waals surface area contributed by atoms with E-state index in [1.165, 1.54) is 7.05 Å². The zero-order chi connectivity index (χ0) is 10.9. The van der Waals surface area contributed by atoms with Gasteiger partial charge in [-0.15, -0.1) is 5.10 Å². The van der Waals surface area contributed by atoms with Gasteiger partial charge < -0.3 is 0 Å². The summed E-state index contributed by atoms with van der Waals surface area (Å²) in [5.41, 5.74) is 0. The number of hydrogen-bond donors (Lipinski definition) is 1. The Morgan fingerprint density at radius 2 is 2.20 bits per heavy atom. The van der Waals surface area contributed by atoms with Crippen molar-refractivity contribution in [3.8, 4) is 0 Å². The molecule has 1 heterocycles. The molecule has 1 rings (SSSR count). The molecule has 12 heteroatoms. The van der Waals surface area contributed by atoms with E-state index < -0.39 is 19.4 Å². The van der Waals surface area contributed by atoms with Crippen LogP contribution in [0.4, 0.5) is 0 Å². The van der Waals surface area contributed by atoms with Gasteiger partial charge in [-0.25, -0.2) is 13.1 Å². The van der Waals surface area contributed by atoms with Gasteiger partial charge in [-0.05, 0) is 0 Å². The zero-order valence-corrected chi connectivity index (χ0v) is 10.2. The van der Waals surface area contributed by atoms with Gasteiger partial charge in [-0.1, -0.05) is 11.3 Å². The normalized spacial score (nSPS) is 10.5. The average molecular weight is 346 g/mol. The maximum Gasteiger partial charge on any atom is 1.00 e. The van der Waals surface area contributed by atoms with E-state index in [0.29, 0.717) is 11.3 Å². The molecule has 0 aliphatic carbocycles. The van der Waals surface area contributed by atoms with Gasteiger partial charge >= 0.3 is 22.4 Å². The molecular weight excluding hydrogens is 342 g/mol. The molecule has 0 aromatic carbocycles. The Kier molecular flexibility index (Phi) is 4.61. The number of hydrogen-bond acceptors (Lipinski definition) is 7. The van der Waals surface area contributed by atoms with E-state index in [4.69, 9.17) is 5.41 Å². The molecule has 0 unspecified atom stereocenters. The van der Waals surface area contributed by atoms with Gasteiger partial charge in [0.05, 0.1) is 0 Å². The van der Waals surface area contributed by atoms with Crippen LogP contribution in [0.25, 0.3) is 4.83 Å². The first-order valence-corrected chi connectivity index (χ1v) is 5.29. The van der Waals surface area contributed by atoms with E-state index in [0.717, 1.165) is 4.68 Å².